The fourth-order valence-electron chi connectivity index (χ4n) is 3.67. The molecule has 0 unspecified atom stereocenters. The minimum absolute atomic E-state index is 0.0539. The summed E-state index contributed by atoms with van der Waals surface area (Å²) in [5.74, 6) is -1.03. The van der Waals surface area contributed by atoms with Crippen molar-refractivity contribution in [3.63, 3.8) is 0 Å². The first-order chi connectivity index (χ1) is 15.6. The van der Waals surface area contributed by atoms with E-state index in [-0.39, 0.29) is 35.1 Å². The summed E-state index contributed by atoms with van der Waals surface area (Å²) < 4.78 is 69.7. The van der Waals surface area contributed by atoms with Gasteiger partial charge in [-0.15, -0.1) is 0 Å². The minimum Gasteiger partial charge on any atom is -0.472 e. The van der Waals surface area contributed by atoms with Crippen molar-refractivity contribution >= 4 is 16.5 Å². The van der Waals surface area contributed by atoms with Crippen molar-refractivity contribution < 1.29 is 31.1 Å². The molecule has 1 aliphatic rings. The summed E-state index contributed by atoms with van der Waals surface area (Å²) in [4.78, 5) is 13.6. The Bertz CT molecular complexity index is 1250. The number of rotatable bonds is 8. The molecule has 6 nitrogen and oxygen atoms in total. The lowest BCUT2D eigenvalue weighted by Gasteiger charge is -2.13. The van der Waals surface area contributed by atoms with E-state index in [1.807, 2.05) is 30.3 Å². The van der Waals surface area contributed by atoms with E-state index in [1.165, 1.54) is 4.68 Å². The Labute approximate surface area is 189 Å². The van der Waals surface area contributed by atoms with E-state index >= 15 is 0 Å². The zero-order valence-electron chi connectivity index (χ0n) is 17.6. The second-order valence-corrected chi connectivity index (χ2v) is 8.91. The van der Waals surface area contributed by atoms with Crippen LogP contribution in [-0.2, 0) is 36.3 Å². The van der Waals surface area contributed by atoms with Crippen LogP contribution in [0.15, 0.2) is 48.5 Å². The molecule has 0 atom stereocenters. The first-order valence-corrected chi connectivity index (χ1v) is 11.6. The van der Waals surface area contributed by atoms with Crippen LogP contribution >= 0.6 is 0 Å². The standard InChI is InChI=1S/C23H21F3N2O4S/c1-28-22(32-12-14-5-3-2-4-6-14)19(20(27-28)15-7-8-15)21(29)18-10-9-17(23(24,25)26)11-16(18)13-33(30)31/h2-6,9-11,15,33H,7-8,12-13H2,1H3. The van der Waals surface area contributed by atoms with Crippen molar-refractivity contribution in [3.8, 4) is 5.88 Å². The number of aryl methyl sites for hydroxylation is 1. The van der Waals surface area contributed by atoms with Crippen molar-refractivity contribution in [2.75, 3.05) is 0 Å². The van der Waals surface area contributed by atoms with Gasteiger partial charge >= 0.3 is 6.18 Å². The molecule has 3 aromatic rings. The molecule has 0 N–H and O–H groups in total. The highest BCUT2D eigenvalue weighted by atomic mass is 32.2. The van der Waals surface area contributed by atoms with Gasteiger partial charge in [0, 0.05) is 18.5 Å². The molecule has 2 aromatic carbocycles. The fraction of sp³-hybridized carbons (Fsp3) is 0.304. The molecule has 0 amide bonds. The lowest BCUT2D eigenvalue weighted by molar-refractivity contribution is -0.137. The zero-order chi connectivity index (χ0) is 23.8. The summed E-state index contributed by atoms with van der Waals surface area (Å²) >= 11 is 0. The van der Waals surface area contributed by atoms with Crippen molar-refractivity contribution in [2.45, 2.75) is 37.3 Å². The van der Waals surface area contributed by atoms with E-state index < -0.39 is 34.0 Å². The van der Waals surface area contributed by atoms with Gasteiger partial charge in [0.05, 0.1) is 17.0 Å². The SMILES string of the molecule is Cn1nc(C2CC2)c(C(=O)c2ccc(C(F)(F)F)cc2C[SH](=O)=O)c1OCc1ccccc1. The predicted octanol–water partition coefficient (Wildman–Crippen LogP) is 4.24. The third-order valence-corrected chi connectivity index (χ3v) is 6.01. The number of hydrogen-bond acceptors (Lipinski definition) is 5. The molecule has 1 aliphatic carbocycles. The molecule has 1 saturated carbocycles. The number of aromatic nitrogens is 2. The highest BCUT2D eigenvalue weighted by molar-refractivity contribution is 7.71. The van der Waals surface area contributed by atoms with E-state index in [0.29, 0.717) is 5.69 Å². The number of carbonyl (C=O) groups excluding carboxylic acids is 1. The number of halogens is 3. The maximum absolute atomic E-state index is 13.6. The highest BCUT2D eigenvalue weighted by Gasteiger charge is 2.37. The van der Waals surface area contributed by atoms with E-state index in [2.05, 4.69) is 5.10 Å². The Kier molecular flexibility index (Phi) is 6.29. The summed E-state index contributed by atoms with van der Waals surface area (Å²) in [6.45, 7) is 0.164. The molecule has 1 aromatic heterocycles. The number of alkyl halides is 3. The Morgan fingerprint density at radius 3 is 2.45 bits per heavy atom. The third kappa shape index (κ3) is 5.11. The molecule has 33 heavy (non-hydrogen) atoms. The Balaban J connectivity index is 1.77. The smallest absolute Gasteiger partial charge is 0.416 e. The van der Waals surface area contributed by atoms with Crippen LogP contribution in [0.5, 0.6) is 5.88 Å². The average Bonchev–Trinajstić information content (AvgIpc) is 3.55. The van der Waals surface area contributed by atoms with Gasteiger partial charge in [0.1, 0.15) is 22.9 Å². The van der Waals surface area contributed by atoms with E-state index in [4.69, 9.17) is 4.74 Å². The predicted molar refractivity (Wildman–Crippen MR) is 115 cm³/mol. The van der Waals surface area contributed by atoms with Crippen LogP contribution in [0.4, 0.5) is 13.2 Å². The number of thiol groups is 1. The minimum atomic E-state index is -4.66. The summed E-state index contributed by atoms with van der Waals surface area (Å²) in [5.41, 5.74) is 0.219. The van der Waals surface area contributed by atoms with Gasteiger partial charge in [-0.2, -0.15) is 18.3 Å². The molecule has 0 bridgehead atoms. The van der Waals surface area contributed by atoms with Gasteiger partial charge in [-0.25, -0.2) is 13.1 Å². The average molecular weight is 478 g/mol. The first-order valence-electron chi connectivity index (χ1n) is 10.3. The maximum atomic E-state index is 13.6. The molecule has 1 fully saturated rings. The third-order valence-electron chi connectivity index (χ3n) is 5.41. The van der Waals surface area contributed by atoms with Crippen LogP contribution in [-0.4, -0.2) is 24.0 Å². The highest BCUT2D eigenvalue weighted by Crippen LogP contribution is 2.44. The van der Waals surface area contributed by atoms with Crippen LogP contribution in [0.2, 0.25) is 0 Å². The van der Waals surface area contributed by atoms with Crippen molar-refractivity contribution in [1.29, 1.82) is 0 Å². The van der Waals surface area contributed by atoms with Crippen molar-refractivity contribution in [1.82, 2.24) is 9.78 Å². The number of ether oxygens (including phenoxy) is 1. The summed E-state index contributed by atoms with van der Waals surface area (Å²) in [7, 11) is -1.42. The van der Waals surface area contributed by atoms with E-state index in [9.17, 15) is 26.4 Å². The van der Waals surface area contributed by atoms with Crippen LogP contribution in [0.1, 0.15) is 57.1 Å². The number of ketones is 1. The summed E-state index contributed by atoms with van der Waals surface area (Å²) in [6.07, 6.45) is -2.99. The number of carbonyl (C=O) groups is 1. The van der Waals surface area contributed by atoms with Gasteiger partial charge in [-0.1, -0.05) is 36.4 Å². The lowest BCUT2D eigenvalue weighted by atomic mass is 9.96. The van der Waals surface area contributed by atoms with Gasteiger partial charge in [0.25, 0.3) is 0 Å². The van der Waals surface area contributed by atoms with Gasteiger partial charge in [0.2, 0.25) is 11.7 Å². The monoisotopic (exact) mass is 478 g/mol. The van der Waals surface area contributed by atoms with E-state index in [1.54, 1.807) is 7.05 Å². The number of nitrogens with zero attached hydrogens (tertiary/aromatic N) is 2. The number of benzene rings is 2. The molecular formula is C23H21F3N2O4S. The van der Waals surface area contributed by atoms with Crippen LogP contribution in [0.25, 0.3) is 0 Å². The maximum Gasteiger partial charge on any atom is 0.416 e. The molecule has 0 spiro atoms. The zero-order valence-corrected chi connectivity index (χ0v) is 18.5. The summed E-state index contributed by atoms with van der Waals surface area (Å²) in [5, 5.41) is 4.45. The van der Waals surface area contributed by atoms with Crippen molar-refractivity contribution in [2.24, 2.45) is 7.05 Å². The Morgan fingerprint density at radius 2 is 1.85 bits per heavy atom. The Hall–Kier alpha value is -3.14. The van der Waals surface area contributed by atoms with E-state index in [0.717, 1.165) is 36.6 Å². The Morgan fingerprint density at radius 1 is 1.15 bits per heavy atom. The van der Waals surface area contributed by atoms with Crippen molar-refractivity contribution in [3.05, 3.63) is 82.0 Å². The summed E-state index contributed by atoms with van der Waals surface area (Å²) in [6, 6.07) is 11.8. The van der Waals surface area contributed by atoms with Gasteiger partial charge < -0.3 is 4.74 Å². The number of hydrogen-bond donors (Lipinski definition) is 1. The molecule has 10 heteroatoms. The lowest BCUT2D eigenvalue weighted by Crippen LogP contribution is -2.13. The molecule has 1 heterocycles. The van der Waals surface area contributed by atoms with Gasteiger partial charge in [0.15, 0.2) is 0 Å². The topological polar surface area (TPSA) is 78.3 Å². The largest absolute Gasteiger partial charge is 0.472 e. The molecule has 174 valence electrons. The van der Waals surface area contributed by atoms with Crippen LogP contribution < -0.4 is 4.74 Å². The van der Waals surface area contributed by atoms with Gasteiger partial charge in [-0.05, 0) is 36.1 Å². The first kappa shape index (κ1) is 23.0. The normalized spacial score (nSPS) is 14.0. The molecular weight excluding hydrogens is 457 g/mol. The van der Waals surface area contributed by atoms with Crippen LogP contribution in [0, 0.1) is 0 Å². The fourth-order valence-corrected chi connectivity index (χ4v) is 4.21. The second-order valence-electron chi connectivity index (χ2n) is 7.93. The second kappa shape index (κ2) is 9.01. The van der Waals surface area contributed by atoms with Crippen LogP contribution in [0.3, 0.4) is 0 Å². The molecule has 4 rings (SSSR count). The molecule has 0 radical (unpaired) electrons. The van der Waals surface area contributed by atoms with Gasteiger partial charge in [-0.3, -0.25) is 4.79 Å². The molecule has 0 aliphatic heterocycles. The quantitative estimate of drug-likeness (QED) is 0.387. The molecule has 0 saturated heterocycles.